The first-order valence-corrected chi connectivity index (χ1v) is 9.65. The molecule has 148 valence electrons. The van der Waals surface area contributed by atoms with Crippen LogP contribution in [0.1, 0.15) is 32.4 Å². The molecule has 2 aliphatic rings. The van der Waals surface area contributed by atoms with Crippen molar-refractivity contribution in [2.45, 2.75) is 26.7 Å². The van der Waals surface area contributed by atoms with E-state index in [0.29, 0.717) is 6.79 Å². The summed E-state index contributed by atoms with van der Waals surface area (Å²) >= 11 is 0. The van der Waals surface area contributed by atoms with Gasteiger partial charge in [-0.25, -0.2) is 0 Å². The zero-order valence-electron chi connectivity index (χ0n) is 16.9. The number of aromatic nitrogens is 1. The molecule has 0 spiro atoms. The molecule has 1 fully saturated rings. The van der Waals surface area contributed by atoms with E-state index < -0.39 is 0 Å². The molecule has 1 aliphatic heterocycles. The molecule has 0 bridgehead atoms. The Labute approximate surface area is 168 Å². The Kier molecular flexibility index (Phi) is 9.02. The first-order chi connectivity index (χ1) is 13.8. The highest BCUT2D eigenvalue weighted by molar-refractivity contribution is 5.74. The van der Waals surface area contributed by atoms with Gasteiger partial charge in [-0.1, -0.05) is 31.2 Å². The van der Waals surface area contributed by atoms with Crippen molar-refractivity contribution in [1.29, 1.82) is 0 Å². The van der Waals surface area contributed by atoms with Gasteiger partial charge in [0.2, 0.25) is 6.79 Å². The third-order valence-corrected chi connectivity index (χ3v) is 4.43. The van der Waals surface area contributed by atoms with Crippen molar-refractivity contribution in [3.63, 3.8) is 0 Å². The number of allylic oxidation sites excluding steroid dienone is 5. The lowest BCUT2D eigenvalue weighted by Crippen LogP contribution is -2.20. The van der Waals surface area contributed by atoms with Crippen LogP contribution in [0.2, 0.25) is 0 Å². The van der Waals surface area contributed by atoms with Gasteiger partial charge in [0.25, 0.3) is 0 Å². The summed E-state index contributed by atoms with van der Waals surface area (Å²) in [5, 5.41) is 3.55. The van der Waals surface area contributed by atoms with Crippen LogP contribution in [0, 0.1) is 0 Å². The maximum atomic E-state index is 5.65. The van der Waals surface area contributed by atoms with Gasteiger partial charge in [0.05, 0.1) is 5.69 Å². The molecule has 1 aliphatic carbocycles. The average Bonchev–Trinajstić information content (AvgIpc) is 3.11. The van der Waals surface area contributed by atoms with Crippen LogP contribution >= 0.6 is 0 Å². The Morgan fingerprint density at radius 1 is 1.29 bits per heavy atom. The standard InChI is InChI=1S/C22H26N2O2.C2H4/c1-3-18(22-21(4-2)25-16-26-22)15-23-14-17-9-5-6-10-19(13-17)20-11-7-8-12-24-20;1-2/h4,6-13,23H,3,5,14-16H2,1-2H3;1-2H2/b21-4+,22-18-;. The van der Waals surface area contributed by atoms with E-state index >= 15 is 0 Å². The van der Waals surface area contributed by atoms with Crippen LogP contribution in [-0.2, 0) is 9.47 Å². The van der Waals surface area contributed by atoms with Crippen molar-refractivity contribution in [1.82, 2.24) is 10.3 Å². The van der Waals surface area contributed by atoms with Gasteiger partial charge in [0.1, 0.15) is 0 Å². The number of hydrogen-bond acceptors (Lipinski definition) is 4. The van der Waals surface area contributed by atoms with Gasteiger partial charge in [-0.2, -0.15) is 0 Å². The molecule has 0 unspecified atom stereocenters. The molecule has 0 amide bonds. The lowest BCUT2D eigenvalue weighted by molar-refractivity contribution is 0.0966. The Balaban J connectivity index is 0.00000136. The topological polar surface area (TPSA) is 43.4 Å². The van der Waals surface area contributed by atoms with Crippen LogP contribution in [0.3, 0.4) is 0 Å². The normalized spacial score (nSPS) is 18.9. The van der Waals surface area contributed by atoms with Gasteiger partial charge >= 0.3 is 0 Å². The molecule has 0 radical (unpaired) electrons. The van der Waals surface area contributed by atoms with E-state index in [4.69, 9.17) is 9.47 Å². The summed E-state index contributed by atoms with van der Waals surface area (Å²) in [5.41, 5.74) is 4.65. The number of rotatable bonds is 6. The minimum atomic E-state index is 0.311. The first kappa shape index (κ1) is 21.5. The number of nitrogens with one attached hydrogen (secondary N) is 1. The summed E-state index contributed by atoms with van der Waals surface area (Å²) in [6.07, 6.45) is 14.4. The van der Waals surface area contributed by atoms with Crippen LogP contribution < -0.4 is 5.32 Å². The van der Waals surface area contributed by atoms with Crippen LogP contribution in [0.15, 0.2) is 90.6 Å². The summed E-state index contributed by atoms with van der Waals surface area (Å²) in [6.45, 7) is 12.0. The van der Waals surface area contributed by atoms with Crippen LogP contribution in [-0.4, -0.2) is 24.9 Å². The fourth-order valence-corrected chi connectivity index (χ4v) is 3.04. The molecule has 4 nitrogen and oxygen atoms in total. The molecule has 1 aromatic rings. The van der Waals surface area contributed by atoms with E-state index in [-0.39, 0.29) is 0 Å². The first-order valence-electron chi connectivity index (χ1n) is 9.65. The predicted octanol–water partition coefficient (Wildman–Crippen LogP) is 5.32. The molecule has 28 heavy (non-hydrogen) atoms. The third kappa shape index (κ3) is 5.83. The minimum Gasteiger partial charge on any atom is -0.454 e. The Hall–Kier alpha value is -2.85. The van der Waals surface area contributed by atoms with Crippen molar-refractivity contribution in [3.05, 3.63) is 96.3 Å². The van der Waals surface area contributed by atoms with E-state index in [0.717, 1.165) is 48.7 Å². The zero-order valence-corrected chi connectivity index (χ0v) is 16.9. The summed E-state index contributed by atoms with van der Waals surface area (Å²) < 4.78 is 11.1. The number of pyridine rings is 1. The maximum absolute atomic E-state index is 5.65. The number of nitrogens with zero attached hydrogens (tertiary/aromatic N) is 1. The molecule has 0 atom stereocenters. The fraction of sp³-hybridized carbons (Fsp3) is 0.292. The monoisotopic (exact) mass is 378 g/mol. The van der Waals surface area contributed by atoms with Gasteiger partial charge in [-0.05, 0) is 55.2 Å². The molecule has 2 heterocycles. The zero-order chi connectivity index (χ0) is 20.2. The molecule has 1 saturated heterocycles. The van der Waals surface area contributed by atoms with Gasteiger partial charge in [-0.15, -0.1) is 13.2 Å². The summed E-state index contributed by atoms with van der Waals surface area (Å²) in [7, 11) is 0. The second-order valence-corrected chi connectivity index (χ2v) is 6.18. The summed E-state index contributed by atoms with van der Waals surface area (Å²) in [5.74, 6) is 1.74. The maximum Gasteiger partial charge on any atom is 0.231 e. The molecule has 1 aromatic heterocycles. The fourth-order valence-electron chi connectivity index (χ4n) is 3.04. The SMILES string of the molecule is C/C=C1/OCO/C1=C(/CC)CNCC1=CCC=CC(c2ccccn2)=C1.C=C. The lowest BCUT2D eigenvalue weighted by atomic mass is 10.1. The highest BCUT2D eigenvalue weighted by Gasteiger charge is 2.19. The van der Waals surface area contributed by atoms with Crippen molar-refractivity contribution in [2.75, 3.05) is 19.9 Å². The Bertz CT molecular complexity index is 786. The van der Waals surface area contributed by atoms with Gasteiger partial charge in [0.15, 0.2) is 11.5 Å². The molecule has 3 rings (SSSR count). The van der Waals surface area contributed by atoms with E-state index in [1.54, 1.807) is 0 Å². The quantitative estimate of drug-likeness (QED) is 0.681. The van der Waals surface area contributed by atoms with Crippen molar-refractivity contribution in [3.8, 4) is 0 Å². The van der Waals surface area contributed by atoms with Gasteiger partial charge in [-0.3, -0.25) is 4.98 Å². The minimum absolute atomic E-state index is 0.311. The lowest BCUT2D eigenvalue weighted by Gasteiger charge is -2.11. The van der Waals surface area contributed by atoms with E-state index in [9.17, 15) is 0 Å². The van der Waals surface area contributed by atoms with Gasteiger partial charge < -0.3 is 14.8 Å². The van der Waals surface area contributed by atoms with E-state index in [1.807, 2.05) is 37.4 Å². The van der Waals surface area contributed by atoms with E-state index in [1.165, 1.54) is 11.1 Å². The average molecular weight is 379 g/mol. The number of hydrogen-bond donors (Lipinski definition) is 1. The molecular formula is C24H30N2O2. The van der Waals surface area contributed by atoms with Crippen molar-refractivity contribution >= 4 is 5.57 Å². The summed E-state index contributed by atoms with van der Waals surface area (Å²) in [4.78, 5) is 4.46. The largest absolute Gasteiger partial charge is 0.454 e. The summed E-state index contributed by atoms with van der Waals surface area (Å²) in [6, 6.07) is 6.00. The molecule has 1 N–H and O–H groups in total. The van der Waals surface area contributed by atoms with E-state index in [2.05, 4.69) is 54.7 Å². The molecule has 0 saturated carbocycles. The van der Waals surface area contributed by atoms with Crippen molar-refractivity contribution < 1.29 is 9.47 Å². The molecular weight excluding hydrogens is 348 g/mol. The Morgan fingerprint density at radius 3 is 2.86 bits per heavy atom. The predicted molar refractivity (Wildman–Crippen MR) is 116 cm³/mol. The highest BCUT2D eigenvalue weighted by atomic mass is 16.7. The molecule has 0 aromatic carbocycles. The highest BCUT2D eigenvalue weighted by Crippen LogP contribution is 2.25. The van der Waals surface area contributed by atoms with Crippen molar-refractivity contribution in [2.24, 2.45) is 0 Å². The second kappa shape index (κ2) is 11.8. The van der Waals surface area contributed by atoms with Crippen LogP contribution in [0.5, 0.6) is 0 Å². The van der Waals surface area contributed by atoms with Crippen LogP contribution in [0.25, 0.3) is 5.57 Å². The van der Waals surface area contributed by atoms with Crippen LogP contribution in [0.4, 0.5) is 0 Å². The number of ether oxygens (including phenoxy) is 2. The third-order valence-electron chi connectivity index (χ3n) is 4.43. The second-order valence-electron chi connectivity index (χ2n) is 6.18. The smallest absolute Gasteiger partial charge is 0.231 e. The van der Waals surface area contributed by atoms with Gasteiger partial charge in [0, 0.05) is 24.9 Å². The Morgan fingerprint density at radius 2 is 2.14 bits per heavy atom. The molecule has 4 heteroatoms.